The van der Waals surface area contributed by atoms with Gasteiger partial charge in [-0.1, -0.05) is 6.92 Å². The Bertz CT molecular complexity index is 339. The van der Waals surface area contributed by atoms with Gasteiger partial charge in [0, 0.05) is 18.1 Å². The quantitative estimate of drug-likeness (QED) is 0.809. The first kappa shape index (κ1) is 12.9. The molecule has 4 heteroatoms. The van der Waals surface area contributed by atoms with Gasteiger partial charge in [0.15, 0.2) is 0 Å². The Morgan fingerprint density at radius 3 is 2.62 bits per heavy atom. The molecule has 1 unspecified atom stereocenters. The smallest absolute Gasteiger partial charge is 0.125 e. The molecule has 0 aromatic heterocycles. The zero-order valence-electron chi connectivity index (χ0n) is 9.48. The molecule has 0 radical (unpaired) electrons. The number of aliphatic hydroxyl groups excluding tert-OH is 2. The Labute approximate surface area is 94.5 Å². The highest BCUT2D eigenvalue weighted by Crippen LogP contribution is 2.26. The molecule has 0 bridgehead atoms. The first-order chi connectivity index (χ1) is 7.54. The van der Waals surface area contributed by atoms with Gasteiger partial charge in [-0.2, -0.15) is 0 Å². The maximum absolute atomic E-state index is 13.0. The molecule has 0 amide bonds. The van der Waals surface area contributed by atoms with Gasteiger partial charge < -0.3 is 14.9 Å². The summed E-state index contributed by atoms with van der Waals surface area (Å²) in [5, 5.41) is 18.3. The average molecular weight is 228 g/mol. The molecule has 3 nitrogen and oxygen atoms in total. The van der Waals surface area contributed by atoms with Crippen molar-refractivity contribution < 1.29 is 19.3 Å². The van der Waals surface area contributed by atoms with Crippen molar-refractivity contribution in [3.8, 4) is 5.75 Å². The highest BCUT2D eigenvalue weighted by molar-refractivity contribution is 5.35. The van der Waals surface area contributed by atoms with Crippen LogP contribution in [-0.2, 0) is 0 Å². The van der Waals surface area contributed by atoms with Crippen LogP contribution >= 0.6 is 0 Å². The van der Waals surface area contributed by atoms with Gasteiger partial charge in [0.25, 0.3) is 0 Å². The third-order valence-corrected chi connectivity index (χ3v) is 2.26. The number of hydrogen-bond donors (Lipinski definition) is 2. The lowest BCUT2D eigenvalue weighted by Gasteiger charge is -2.15. The van der Waals surface area contributed by atoms with E-state index in [0.717, 1.165) is 0 Å². The minimum Gasteiger partial charge on any atom is -0.493 e. The van der Waals surface area contributed by atoms with Crippen molar-refractivity contribution in [2.45, 2.75) is 20.0 Å². The lowest BCUT2D eigenvalue weighted by molar-refractivity contribution is 0.163. The van der Waals surface area contributed by atoms with E-state index in [1.54, 1.807) is 6.92 Å². The standard InChI is InChI=1S/C12H17FO3/c1-8(6-14)7-16-12-4-3-10(13)5-11(12)9(2)15/h3-5,8-9,14-15H,6-7H2,1-2H3/t8?,9-/m0/s1. The van der Waals surface area contributed by atoms with Crippen LogP contribution in [0.2, 0.25) is 0 Å². The Hall–Kier alpha value is -1.13. The van der Waals surface area contributed by atoms with Crippen LogP contribution in [0.5, 0.6) is 5.75 Å². The topological polar surface area (TPSA) is 49.7 Å². The maximum atomic E-state index is 13.0. The molecule has 0 saturated carbocycles. The van der Waals surface area contributed by atoms with Gasteiger partial charge in [0.1, 0.15) is 11.6 Å². The molecule has 2 atom stereocenters. The summed E-state index contributed by atoms with van der Waals surface area (Å²) in [6.07, 6.45) is -0.782. The SMILES string of the molecule is CC(CO)COc1ccc(F)cc1[C@H](C)O. The van der Waals surface area contributed by atoms with Gasteiger partial charge in [-0.15, -0.1) is 0 Å². The lowest BCUT2D eigenvalue weighted by atomic mass is 10.1. The Kier molecular flexibility index (Phi) is 4.71. The lowest BCUT2D eigenvalue weighted by Crippen LogP contribution is -2.13. The summed E-state index contributed by atoms with van der Waals surface area (Å²) >= 11 is 0. The van der Waals surface area contributed by atoms with Crippen LogP contribution < -0.4 is 4.74 Å². The number of ether oxygens (including phenoxy) is 1. The molecule has 0 saturated heterocycles. The third kappa shape index (κ3) is 3.47. The first-order valence-corrected chi connectivity index (χ1v) is 5.25. The van der Waals surface area contributed by atoms with Crippen LogP contribution in [-0.4, -0.2) is 23.4 Å². The summed E-state index contributed by atoms with van der Waals surface area (Å²) in [7, 11) is 0. The van der Waals surface area contributed by atoms with Gasteiger partial charge in [-0.05, 0) is 25.1 Å². The van der Waals surface area contributed by atoms with E-state index in [9.17, 15) is 9.50 Å². The highest BCUT2D eigenvalue weighted by atomic mass is 19.1. The van der Waals surface area contributed by atoms with E-state index >= 15 is 0 Å². The number of halogens is 1. The molecular weight excluding hydrogens is 211 g/mol. The summed E-state index contributed by atoms with van der Waals surface area (Å²) in [4.78, 5) is 0. The van der Waals surface area contributed by atoms with E-state index in [1.165, 1.54) is 18.2 Å². The summed E-state index contributed by atoms with van der Waals surface area (Å²) < 4.78 is 18.4. The van der Waals surface area contributed by atoms with Gasteiger partial charge in [-0.25, -0.2) is 4.39 Å². The van der Waals surface area contributed by atoms with E-state index < -0.39 is 11.9 Å². The zero-order chi connectivity index (χ0) is 12.1. The van der Waals surface area contributed by atoms with Crippen molar-refractivity contribution >= 4 is 0 Å². The Morgan fingerprint density at radius 1 is 1.38 bits per heavy atom. The predicted molar refractivity (Wildman–Crippen MR) is 58.8 cm³/mol. The molecule has 0 fully saturated rings. The van der Waals surface area contributed by atoms with Crippen molar-refractivity contribution in [2.24, 2.45) is 5.92 Å². The van der Waals surface area contributed by atoms with E-state index in [0.29, 0.717) is 17.9 Å². The molecule has 1 rings (SSSR count). The number of rotatable bonds is 5. The van der Waals surface area contributed by atoms with Crippen LogP contribution in [0.4, 0.5) is 4.39 Å². The Morgan fingerprint density at radius 2 is 2.06 bits per heavy atom. The summed E-state index contributed by atoms with van der Waals surface area (Å²) in [5.74, 6) is 0.0575. The molecule has 1 aromatic rings. The van der Waals surface area contributed by atoms with E-state index in [-0.39, 0.29) is 12.5 Å². The molecule has 0 spiro atoms. The number of hydrogen-bond acceptors (Lipinski definition) is 3. The van der Waals surface area contributed by atoms with E-state index in [4.69, 9.17) is 9.84 Å². The molecule has 16 heavy (non-hydrogen) atoms. The van der Waals surface area contributed by atoms with Gasteiger partial charge in [-0.3, -0.25) is 0 Å². The molecular formula is C12H17FO3. The number of aliphatic hydroxyl groups is 2. The number of benzene rings is 1. The Balaban J connectivity index is 2.78. The highest BCUT2D eigenvalue weighted by Gasteiger charge is 2.11. The van der Waals surface area contributed by atoms with Gasteiger partial charge in [0.05, 0.1) is 12.7 Å². The molecule has 2 N–H and O–H groups in total. The van der Waals surface area contributed by atoms with E-state index in [1.807, 2.05) is 6.92 Å². The molecule has 0 heterocycles. The second-order valence-electron chi connectivity index (χ2n) is 3.96. The zero-order valence-corrected chi connectivity index (χ0v) is 9.48. The fraction of sp³-hybridized carbons (Fsp3) is 0.500. The summed E-state index contributed by atoms with van der Waals surface area (Å²) in [6.45, 7) is 3.76. The minimum absolute atomic E-state index is 0.00639. The fourth-order valence-electron chi connectivity index (χ4n) is 1.26. The second-order valence-corrected chi connectivity index (χ2v) is 3.96. The largest absolute Gasteiger partial charge is 0.493 e. The van der Waals surface area contributed by atoms with Crippen LogP contribution in [0.3, 0.4) is 0 Å². The van der Waals surface area contributed by atoms with Crippen LogP contribution in [0.1, 0.15) is 25.5 Å². The fourth-order valence-corrected chi connectivity index (χ4v) is 1.26. The summed E-state index contributed by atoms with van der Waals surface area (Å²) in [6, 6.07) is 4.02. The molecule has 0 aliphatic heterocycles. The van der Waals surface area contributed by atoms with Crippen LogP contribution in [0.25, 0.3) is 0 Å². The van der Waals surface area contributed by atoms with Crippen molar-refractivity contribution in [1.29, 1.82) is 0 Å². The van der Waals surface area contributed by atoms with Gasteiger partial charge >= 0.3 is 0 Å². The molecule has 0 aliphatic carbocycles. The van der Waals surface area contributed by atoms with Crippen molar-refractivity contribution in [3.05, 3.63) is 29.6 Å². The van der Waals surface area contributed by atoms with E-state index in [2.05, 4.69) is 0 Å². The molecule has 0 aliphatic rings. The maximum Gasteiger partial charge on any atom is 0.125 e. The summed E-state index contributed by atoms with van der Waals surface area (Å²) in [5.41, 5.74) is 0.421. The van der Waals surface area contributed by atoms with Crippen molar-refractivity contribution in [1.82, 2.24) is 0 Å². The van der Waals surface area contributed by atoms with Crippen LogP contribution in [0.15, 0.2) is 18.2 Å². The molecule has 90 valence electrons. The third-order valence-electron chi connectivity index (χ3n) is 2.26. The van der Waals surface area contributed by atoms with Crippen molar-refractivity contribution in [3.63, 3.8) is 0 Å². The van der Waals surface area contributed by atoms with Gasteiger partial charge in [0.2, 0.25) is 0 Å². The molecule has 1 aromatic carbocycles. The van der Waals surface area contributed by atoms with Crippen molar-refractivity contribution in [2.75, 3.05) is 13.2 Å². The normalized spacial score (nSPS) is 14.6. The second kappa shape index (κ2) is 5.82. The average Bonchev–Trinajstić information content (AvgIpc) is 2.26. The minimum atomic E-state index is -0.782. The first-order valence-electron chi connectivity index (χ1n) is 5.25. The predicted octanol–water partition coefficient (Wildman–Crippen LogP) is 1.89. The monoisotopic (exact) mass is 228 g/mol. The van der Waals surface area contributed by atoms with Crippen LogP contribution in [0, 0.1) is 11.7 Å².